The third-order valence-corrected chi connectivity index (χ3v) is 5.90. The predicted molar refractivity (Wildman–Crippen MR) is 121 cm³/mol. The minimum absolute atomic E-state index is 0.162. The van der Waals surface area contributed by atoms with Gasteiger partial charge >= 0.3 is 6.03 Å². The molecular formula is C25H26FN3O3. The second-order valence-electron chi connectivity index (χ2n) is 8.12. The molecule has 0 unspecified atom stereocenters. The van der Waals surface area contributed by atoms with E-state index in [1.807, 2.05) is 6.07 Å². The molecule has 0 aromatic heterocycles. The first-order valence-corrected chi connectivity index (χ1v) is 11.0. The molecule has 1 fully saturated rings. The number of urea groups is 1. The molecule has 1 saturated heterocycles. The number of hydrogen-bond donors (Lipinski definition) is 1. The molecule has 1 heterocycles. The third-order valence-electron chi connectivity index (χ3n) is 5.90. The van der Waals surface area contributed by atoms with Gasteiger partial charge in [0.1, 0.15) is 11.9 Å². The van der Waals surface area contributed by atoms with Gasteiger partial charge in [0.2, 0.25) is 5.91 Å². The Hall–Kier alpha value is -3.48. The van der Waals surface area contributed by atoms with E-state index in [1.54, 1.807) is 24.3 Å². The maximum atomic E-state index is 13.2. The predicted octanol–water partition coefficient (Wildman–Crippen LogP) is 4.88. The highest BCUT2D eigenvalue weighted by Gasteiger charge is 2.46. The lowest BCUT2D eigenvalue weighted by Crippen LogP contribution is -2.38. The zero-order valence-corrected chi connectivity index (χ0v) is 17.8. The van der Waals surface area contributed by atoms with E-state index in [2.05, 4.69) is 11.4 Å². The molecule has 4 amide bonds. The number of amides is 4. The van der Waals surface area contributed by atoms with E-state index in [0.29, 0.717) is 24.3 Å². The second kappa shape index (κ2) is 9.77. The molecule has 32 heavy (non-hydrogen) atoms. The fourth-order valence-electron chi connectivity index (χ4n) is 4.22. The number of allylic oxidation sites excluding steroid dienone is 1. The van der Waals surface area contributed by atoms with Crippen molar-refractivity contribution in [1.82, 2.24) is 4.90 Å². The second-order valence-corrected chi connectivity index (χ2v) is 8.12. The first-order chi connectivity index (χ1) is 15.5. The number of hydrogen-bond acceptors (Lipinski definition) is 3. The minimum Gasteiger partial charge on any atom is -0.326 e. The van der Waals surface area contributed by atoms with E-state index < -0.39 is 29.7 Å². The Bertz CT molecular complexity index is 1020. The highest BCUT2D eigenvalue weighted by molar-refractivity contribution is 6.22. The number of nitrogens with one attached hydrogen (secondary N) is 1. The summed E-state index contributed by atoms with van der Waals surface area (Å²) >= 11 is 0. The Labute approximate surface area is 186 Å². The van der Waals surface area contributed by atoms with Gasteiger partial charge in [-0.25, -0.2) is 14.1 Å². The number of benzene rings is 2. The Morgan fingerprint density at radius 2 is 1.78 bits per heavy atom. The number of nitrogens with zero attached hydrogens (tertiary/aromatic N) is 2. The van der Waals surface area contributed by atoms with Crippen molar-refractivity contribution >= 4 is 29.2 Å². The van der Waals surface area contributed by atoms with Crippen LogP contribution in [0, 0.1) is 5.82 Å². The van der Waals surface area contributed by atoms with Gasteiger partial charge in [-0.15, -0.1) is 0 Å². The Balaban J connectivity index is 1.52. The average Bonchev–Trinajstić information content (AvgIpc) is 3.04. The largest absolute Gasteiger partial charge is 0.332 e. The van der Waals surface area contributed by atoms with Crippen LogP contribution in [0.25, 0.3) is 0 Å². The van der Waals surface area contributed by atoms with Crippen LogP contribution in [0.5, 0.6) is 0 Å². The number of para-hydroxylation sites is 1. The number of imide groups is 1. The van der Waals surface area contributed by atoms with Crippen LogP contribution in [0.3, 0.4) is 0 Å². The van der Waals surface area contributed by atoms with Crippen molar-refractivity contribution < 1.29 is 18.8 Å². The molecule has 0 radical (unpaired) electrons. The molecule has 2 aromatic rings. The Morgan fingerprint density at radius 3 is 2.47 bits per heavy atom. The molecule has 1 N–H and O–H groups in total. The molecule has 2 aliphatic rings. The smallest absolute Gasteiger partial charge is 0.326 e. The van der Waals surface area contributed by atoms with E-state index in [1.165, 1.54) is 41.2 Å². The van der Waals surface area contributed by atoms with Crippen molar-refractivity contribution in [3.05, 3.63) is 72.1 Å². The van der Waals surface area contributed by atoms with Gasteiger partial charge in [0.15, 0.2) is 0 Å². The lowest BCUT2D eigenvalue weighted by atomic mass is 9.97. The normalized spacial score (nSPS) is 18.7. The summed E-state index contributed by atoms with van der Waals surface area (Å²) in [5, 5.41) is 2.69. The summed E-state index contributed by atoms with van der Waals surface area (Å²) in [5.41, 5.74) is 2.22. The average molecular weight is 435 g/mol. The maximum absolute atomic E-state index is 13.2. The molecule has 4 rings (SSSR count). The van der Waals surface area contributed by atoms with Gasteiger partial charge in [0.25, 0.3) is 5.91 Å². The number of anilines is 2. The highest BCUT2D eigenvalue weighted by atomic mass is 19.1. The van der Waals surface area contributed by atoms with Crippen LogP contribution in [0.1, 0.15) is 38.5 Å². The van der Waals surface area contributed by atoms with E-state index >= 15 is 0 Å². The van der Waals surface area contributed by atoms with Gasteiger partial charge in [-0.1, -0.05) is 29.8 Å². The Kier molecular flexibility index (Phi) is 6.63. The van der Waals surface area contributed by atoms with Crippen LogP contribution in [-0.4, -0.2) is 35.3 Å². The summed E-state index contributed by atoms with van der Waals surface area (Å²) in [4.78, 5) is 41.8. The number of carbonyl (C=O) groups is 3. The minimum atomic E-state index is -0.882. The number of carbonyl (C=O) groups excluding carboxylic acids is 3. The maximum Gasteiger partial charge on any atom is 0.332 e. The summed E-state index contributed by atoms with van der Waals surface area (Å²) in [6, 6.07) is 12.9. The highest BCUT2D eigenvalue weighted by Crippen LogP contribution is 2.29. The van der Waals surface area contributed by atoms with E-state index in [9.17, 15) is 18.8 Å². The van der Waals surface area contributed by atoms with Crippen molar-refractivity contribution in [3.63, 3.8) is 0 Å². The van der Waals surface area contributed by atoms with Crippen molar-refractivity contribution in [2.45, 2.75) is 44.6 Å². The van der Waals surface area contributed by atoms with Gasteiger partial charge in [-0.05, 0) is 68.5 Å². The molecule has 2 aromatic carbocycles. The van der Waals surface area contributed by atoms with Crippen molar-refractivity contribution in [2.24, 2.45) is 0 Å². The third kappa shape index (κ3) is 4.88. The monoisotopic (exact) mass is 435 g/mol. The fraction of sp³-hybridized carbons (Fsp3) is 0.320. The van der Waals surface area contributed by atoms with Crippen LogP contribution in [0.2, 0.25) is 0 Å². The van der Waals surface area contributed by atoms with Gasteiger partial charge < -0.3 is 10.2 Å². The van der Waals surface area contributed by atoms with Crippen molar-refractivity contribution in [1.29, 1.82) is 0 Å². The first-order valence-electron chi connectivity index (χ1n) is 11.0. The topological polar surface area (TPSA) is 69.7 Å². The molecule has 0 spiro atoms. The Morgan fingerprint density at radius 1 is 1.03 bits per heavy atom. The molecule has 1 atom stereocenters. The van der Waals surface area contributed by atoms with E-state index in [4.69, 9.17) is 0 Å². The molecule has 1 aliphatic carbocycles. The van der Waals surface area contributed by atoms with E-state index in [0.717, 1.165) is 24.2 Å². The van der Waals surface area contributed by atoms with Gasteiger partial charge in [0.05, 0.1) is 12.1 Å². The standard InChI is InChI=1S/C25H26FN3O3/c26-19-11-13-20(14-12-19)27-23(30)17-22-24(31)29(21-9-5-2-6-10-21)25(32)28(22)16-15-18-7-3-1-4-8-18/h2,5-7,9-14,22H,1,3-4,8,15-17H2,(H,27,30)/t22-/m0/s1. The van der Waals surface area contributed by atoms with Crippen LogP contribution in [0.15, 0.2) is 66.2 Å². The number of rotatable bonds is 7. The van der Waals surface area contributed by atoms with Crippen LogP contribution in [0.4, 0.5) is 20.6 Å². The summed E-state index contributed by atoms with van der Waals surface area (Å²) < 4.78 is 13.1. The van der Waals surface area contributed by atoms with Crippen LogP contribution < -0.4 is 10.2 Å². The lowest BCUT2D eigenvalue weighted by molar-refractivity contribution is -0.124. The SMILES string of the molecule is O=C(C[C@H]1C(=O)N(c2ccccc2)C(=O)N1CCC1=CCCCC1)Nc1ccc(F)cc1. The lowest BCUT2D eigenvalue weighted by Gasteiger charge is -2.23. The molecule has 1 aliphatic heterocycles. The van der Waals surface area contributed by atoms with Gasteiger partial charge in [0, 0.05) is 12.2 Å². The van der Waals surface area contributed by atoms with Gasteiger partial charge in [-0.3, -0.25) is 9.59 Å². The molecule has 166 valence electrons. The molecule has 6 nitrogen and oxygen atoms in total. The quantitative estimate of drug-likeness (QED) is 0.498. The first kappa shape index (κ1) is 21.7. The van der Waals surface area contributed by atoms with Crippen molar-refractivity contribution in [3.8, 4) is 0 Å². The van der Waals surface area contributed by atoms with Crippen molar-refractivity contribution in [2.75, 3.05) is 16.8 Å². The van der Waals surface area contributed by atoms with Crippen LogP contribution >= 0.6 is 0 Å². The summed E-state index contributed by atoms with van der Waals surface area (Å²) in [6.45, 7) is 0.383. The van der Waals surface area contributed by atoms with Crippen LogP contribution in [-0.2, 0) is 9.59 Å². The zero-order chi connectivity index (χ0) is 22.5. The fourth-order valence-corrected chi connectivity index (χ4v) is 4.22. The zero-order valence-electron chi connectivity index (χ0n) is 17.8. The molecule has 0 saturated carbocycles. The molecular weight excluding hydrogens is 409 g/mol. The molecule has 0 bridgehead atoms. The number of halogens is 1. The summed E-state index contributed by atoms with van der Waals surface area (Å²) in [5.74, 6) is -1.21. The van der Waals surface area contributed by atoms with E-state index in [-0.39, 0.29) is 6.42 Å². The summed E-state index contributed by atoms with van der Waals surface area (Å²) in [7, 11) is 0. The summed E-state index contributed by atoms with van der Waals surface area (Å²) in [6.07, 6.45) is 7.12. The van der Waals surface area contributed by atoms with Gasteiger partial charge in [-0.2, -0.15) is 0 Å². The molecule has 7 heteroatoms.